The van der Waals surface area contributed by atoms with Crippen LogP contribution in [-0.2, 0) is 22.5 Å². The van der Waals surface area contributed by atoms with Gasteiger partial charge in [0.15, 0.2) is 0 Å². The standard InChI is InChI=1S/C13H12.C3H5NO2S/c1-3-7-12(8-4-1)11-13-9-5-2-6-10-13;1-2(7-6)3(4)5/h1-10H,11H2;1H3,(H2,4,5). The van der Waals surface area contributed by atoms with E-state index in [-0.39, 0.29) is 16.1 Å². The zero-order chi connectivity index (χ0) is 14.8. The van der Waals surface area contributed by atoms with Crippen molar-refractivity contribution in [2.45, 2.75) is 13.3 Å². The van der Waals surface area contributed by atoms with Crippen molar-refractivity contribution in [2.24, 2.45) is 5.73 Å². The SMILES string of the molecule is CC(=S=O)C(N)=O.c1ccc(Cc2ccccc2)cc1. The molecule has 0 fully saturated rings. The Bertz CT molecular complexity index is 553. The number of amides is 1. The molecular weight excluding hydrogens is 270 g/mol. The number of hydrogen-bond donors (Lipinski definition) is 1. The van der Waals surface area contributed by atoms with E-state index in [4.69, 9.17) is 0 Å². The second kappa shape index (κ2) is 8.82. The Balaban J connectivity index is 0.000000246. The van der Waals surface area contributed by atoms with Gasteiger partial charge < -0.3 is 5.73 Å². The van der Waals surface area contributed by atoms with Crippen molar-refractivity contribution >= 4 is 22.0 Å². The zero-order valence-electron chi connectivity index (χ0n) is 11.3. The largest absolute Gasteiger partial charge is 0.365 e. The van der Waals surface area contributed by atoms with Crippen LogP contribution in [0.25, 0.3) is 0 Å². The number of carbonyl (C=O) groups is 1. The number of benzene rings is 2. The van der Waals surface area contributed by atoms with Gasteiger partial charge in [-0.05, 0) is 24.5 Å². The first kappa shape index (κ1) is 15.9. The van der Waals surface area contributed by atoms with Crippen LogP contribution in [-0.4, -0.2) is 15.0 Å². The van der Waals surface area contributed by atoms with Crippen LogP contribution in [0.15, 0.2) is 60.7 Å². The molecule has 0 saturated heterocycles. The molecule has 2 aromatic carbocycles. The molecule has 104 valence electrons. The first-order chi connectivity index (χ1) is 9.63. The monoisotopic (exact) mass is 287 g/mol. The average molecular weight is 287 g/mol. The van der Waals surface area contributed by atoms with Crippen molar-refractivity contribution in [3.8, 4) is 0 Å². The summed E-state index contributed by atoms with van der Waals surface area (Å²) in [6, 6.07) is 21.1. The second-order valence-corrected chi connectivity index (χ2v) is 4.93. The van der Waals surface area contributed by atoms with Crippen molar-refractivity contribution < 1.29 is 9.00 Å². The Morgan fingerprint density at radius 1 is 0.950 bits per heavy atom. The maximum atomic E-state index is 9.89. The maximum Gasteiger partial charge on any atom is 0.257 e. The van der Waals surface area contributed by atoms with Gasteiger partial charge >= 0.3 is 0 Å². The minimum absolute atomic E-state index is 0.0972. The number of nitrogens with two attached hydrogens (primary N) is 1. The molecule has 0 aliphatic carbocycles. The highest BCUT2D eigenvalue weighted by Crippen LogP contribution is 2.07. The minimum atomic E-state index is -0.639. The predicted octanol–water partition coefficient (Wildman–Crippen LogP) is 2.15. The Morgan fingerprint density at radius 2 is 1.35 bits per heavy atom. The van der Waals surface area contributed by atoms with Crippen LogP contribution >= 0.6 is 0 Å². The lowest BCUT2D eigenvalue weighted by Gasteiger charge is -2.00. The van der Waals surface area contributed by atoms with Crippen molar-refractivity contribution in [1.29, 1.82) is 0 Å². The van der Waals surface area contributed by atoms with E-state index in [1.807, 2.05) is 0 Å². The Labute approximate surface area is 122 Å². The van der Waals surface area contributed by atoms with Crippen molar-refractivity contribution in [1.82, 2.24) is 0 Å². The predicted molar refractivity (Wildman–Crippen MR) is 83.7 cm³/mol. The smallest absolute Gasteiger partial charge is 0.257 e. The van der Waals surface area contributed by atoms with Crippen LogP contribution in [0.3, 0.4) is 0 Å². The van der Waals surface area contributed by atoms with E-state index in [0.717, 1.165) is 6.42 Å². The molecular formula is C16H17NO2S. The van der Waals surface area contributed by atoms with Crippen molar-refractivity contribution in [3.63, 3.8) is 0 Å². The topological polar surface area (TPSA) is 60.2 Å². The van der Waals surface area contributed by atoms with Gasteiger partial charge in [0.2, 0.25) is 0 Å². The summed E-state index contributed by atoms with van der Waals surface area (Å²) in [4.78, 5) is 9.99. The van der Waals surface area contributed by atoms with Gasteiger partial charge in [-0.2, -0.15) is 0 Å². The number of rotatable bonds is 3. The van der Waals surface area contributed by atoms with Crippen LogP contribution in [0.5, 0.6) is 0 Å². The fourth-order valence-corrected chi connectivity index (χ4v) is 1.55. The van der Waals surface area contributed by atoms with E-state index in [1.54, 1.807) is 0 Å². The van der Waals surface area contributed by atoms with Gasteiger partial charge in [0.25, 0.3) is 5.91 Å². The van der Waals surface area contributed by atoms with Crippen LogP contribution < -0.4 is 5.73 Å². The van der Waals surface area contributed by atoms with E-state index in [2.05, 4.69) is 66.4 Å². The summed E-state index contributed by atoms with van der Waals surface area (Å²) in [6.45, 7) is 1.39. The van der Waals surface area contributed by atoms with E-state index >= 15 is 0 Å². The first-order valence-electron chi connectivity index (χ1n) is 6.14. The van der Waals surface area contributed by atoms with Gasteiger partial charge in [-0.3, -0.25) is 4.79 Å². The highest BCUT2D eigenvalue weighted by Gasteiger charge is 1.93. The molecule has 0 aromatic heterocycles. The number of primary amides is 1. The van der Waals surface area contributed by atoms with E-state index in [0.29, 0.717) is 0 Å². The van der Waals surface area contributed by atoms with Crippen LogP contribution in [0.2, 0.25) is 0 Å². The van der Waals surface area contributed by atoms with Gasteiger partial charge in [0.1, 0.15) is 4.86 Å². The second-order valence-electron chi connectivity index (χ2n) is 4.15. The average Bonchev–Trinajstić information content (AvgIpc) is 2.49. The normalized spacial score (nSPS) is 9.05. The molecule has 2 aromatic rings. The summed E-state index contributed by atoms with van der Waals surface area (Å²) in [5.74, 6) is -0.639. The molecule has 0 aliphatic rings. The summed E-state index contributed by atoms with van der Waals surface area (Å²) in [6.07, 6.45) is 1.03. The lowest BCUT2D eigenvalue weighted by molar-refractivity contribution is -0.111. The van der Waals surface area contributed by atoms with Gasteiger partial charge in [-0.15, -0.1) is 0 Å². The number of carbonyl (C=O) groups excluding carboxylic acids is 1. The third-order valence-electron chi connectivity index (χ3n) is 2.57. The third kappa shape index (κ3) is 6.11. The Hall–Kier alpha value is -2.20. The fraction of sp³-hybridized carbons (Fsp3) is 0.125. The summed E-state index contributed by atoms with van der Waals surface area (Å²) in [7, 11) is 0. The maximum absolute atomic E-state index is 9.89. The van der Waals surface area contributed by atoms with E-state index < -0.39 is 5.91 Å². The highest BCUT2D eigenvalue weighted by molar-refractivity contribution is 7.68. The fourth-order valence-electron chi connectivity index (χ4n) is 1.47. The van der Waals surface area contributed by atoms with E-state index in [9.17, 15) is 9.00 Å². The molecule has 0 radical (unpaired) electrons. The first-order valence-corrected chi connectivity index (χ1v) is 6.88. The van der Waals surface area contributed by atoms with Gasteiger partial charge in [0.05, 0.1) is 11.3 Å². The molecule has 0 bridgehead atoms. The van der Waals surface area contributed by atoms with Crippen LogP contribution in [0.4, 0.5) is 0 Å². The molecule has 0 spiro atoms. The highest BCUT2D eigenvalue weighted by atomic mass is 32.1. The van der Waals surface area contributed by atoms with E-state index in [1.165, 1.54) is 18.1 Å². The summed E-state index contributed by atoms with van der Waals surface area (Å²) in [5.41, 5.74) is 7.39. The molecule has 0 heterocycles. The lowest BCUT2D eigenvalue weighted by atomic mass is 10.1. The molecule has 0 unspecified atom stereocenters. The van der Waals surface area contributed by atoms with Gasteiger partial charge in [-0.25, -0.2) is 4.21 Å². The summed E-state index contributed by atoms with van der Waals surface area (Å²) >= 11 is 0.125. The molecule has 4 heteroatoms. The molecule has 2 N–H and O–H groups in total. The molecule has 0 saturated carbocycles. The molecule has 2 rings (SSSR count). The molecule has 0 atom stereocenters. The molecule has 1 amide bonds. The third-order valence-corrected chi connectivity index (χ3v) is 3.02. The molecule has 0 aliphatic heterocycles. The van der Waals surface area contributed by atoms with Crippen molar-refractivity contribution in [2.75, 3.05) is 0 Å². The van der Waals surface area contributed by atoms with Gasteiger partial charge in [-0.1, -0.05) is 60.7 Å². The summed E-state index contributed by atoms with van der Waals surface area (Å²) < 4.78 is 9.65. The number of hydrogen-bond acceptors (Lipinski definition) is 2. The van der Waals surface area contributed by atoms with Crippen LogP contribution in [0, 0.1) is 0 Å². The van der Waals surface area contributed by atoms with Crippen molar-refractivity contribution in [3.05, 3.63) is 71.8 Å². The zero-order valence-corrected chi connectivity index (χ0v) is 12.1. The molecule has 20 heavy (non-hydrogen) atoms. The summed E-state index contributed by atoms with van der Waals surface area (Å²) in [5, 5.41) is 0. The quantitative estimate of drug-likeness (QED) is 0.879. The Morgan fingerprint density at radius 3 is 1.60 bits per heavy atom. The Kier molecular flexibility index (Phi) is 7.00. The minimum Gasteiger partial charge on any atom is -0.365 e. The van der Waals surface area contributed by atoms with Gasteiger partial charge in [0, 0.05) is 0 Å². The van der Waals surface area contributed by atoms with Crippen LogP contribution in [0.1, 0.15) is 18.1 Å². The molecule has 3 nitrogen and oxygen atoms in total. The lowest BCUT2D eigenvalue weighted by Crippen LogP contribution is -2.19.